The molecule has 1 aliphatic rings. The van der Waals surface area contributed by atoms with Gasteiger partial charge in [0, 0.05) is 12.5 Å². The first kappa shape index (κ1) is 11.2. The van der Waals surface area contributed by atoms with E-state index in [9.17, 15) is 0 Å². The summed E-state index contributed by atoms with van der Waals surface area (Å²) in [7, 11) is 2.05. The quantitative estimate of drug-likeness (QED) is 0.760. The maximum atomic E-state index is 3.41. The molecule has 84 valence electrons. The van der Waals surface area contributed by atoms with E-state index in [-0.39, 0.29) is 0 Å². The van der Waals surface area contributed by atoms with E-state index in [2.05, 4.69) is 41.4 Å². The van der Waals surface area contributed by atoms with Crippen molar-refractivity contribution in [3.05, 3.63) is 35.4 Å². The lowest BCUT2D eigenvalue weighted by Gasteiger charge is -2.20. The number of fused-ring (bicyclic) bond motifs is 1. The van der Waals surface area contributed by atoms with Crippen LogP contribution in [0.4, 0.5) is 0 Å². The van der Waals surface area contributed by atoms with Crippen LogP contribution in [0.25, 0.3) is 0 Å². The monoisotopic (exact) mass is 213 g/mol. The van der Waals surface area contributed by atoms with E-state index in [1.165, 1.54) is 24.0 Å². The van der Waals surface area contributed by atoms with Crippen LogP contribution in [0.3, 0.4) is 0 Å². The Hall–Kier alpha value is -1.26. The Labute approximate surface area is 98.3 Å². The van der Waals surface area contributed by atoms with Gasteiger partial charge in [-0.2, -0.15) is 0 Å². The lowest BCUT2D eigenvalue weighted by molar-refractivity contribution is 0.391. The van der Waals surface area contributed by atoms with Crippen molar-refractivity contribution in [1.29, 1.82) is 0 Å². The summed E-state index contributed by atoms with van der Waals surface area (Å²) in [4.78, 5) is 0. The molecule has 0 spiro atoms. The van der Waals surface area contributed by atoms with Crippen LogP contribution in [0.2, 0.25) is 0 Å². The van der Waals surface area contributed by atoms with Gasteiger partial charge in [-0.3, -0.25) is 0 Å². The van der Waals surface area contributed by atoms with Gasteiger partial charge in [0.2, 0.25) is 0 Å². The summed E-state index contributed by atoms with van der Waals surface area (Å²) in [6.45, 7) is 1.91. The predicted octanol–water partition coefficient (Wildman–Crippen LogP) is 2.40. The van der Waals surface area contributed by atoms with Gasteiger partial charge in [-0.05, 0) is 43.9 Å². The van der Waals surface area contributed by atoms with E-state index in [4.69, 9.17) is 0 Å². The molecule has 0 saturated heterocycles. The average Bonchev–Trinajstić information content (AvgIpc) is 2.73. The van der Waals surface area contributed by atoms with Crippen molar-refractivity contribution in [3.63, 3.8) is 0 Å². The van der Waals surface area contributed by atoms with Crippen LogP contribution < -0.4 is 5.32 Å². The fourth-order valence-electron chi connectivity index (χ4n) is 2.59. The summed E-state index contributed by atoms with van der Waals surface area (Å²) in [5.41, 5.74) is 3.05. The largest absolute Gasteiger partial charge is 0.316 e. The molecule has 1 aromatic carbocycles. The topological polar surface area (TPSA) is 12.0 Å². The molecule has 0 aromatic heterocycles. The first-order valence-electron chi connectivity index (χ1n) is 5.98. The van der Waals surface area contributed by atoms with E-state index in [0.29, 0.717) is 12.0 Å². The highest BCUT2D eigenvalue weighted by atomic mass is 14.9. The van der Waals surface area contributed by atoms with Crippen LogP contribution >= 0.6 is 0 Å². The van der Waals surface area contributed by atoms with Gasteiger partial charge in [0.25, 0.3) is 0 Å². The minimum atomic E-state index is 0.528. The van der Waals surface area contributed by atoms with Crippen molar-refractivity contribution in [1.82, 2.24) is 5.32 Å². The number of rotatable bonds is 3. The van der Waals surface area contributed by atoms with Gasteiger partial charge in [0.1, 0.15) is 0 Å². The van der Waals surface area contributed by atoms with Gasteiger partial charge in [0.05, 0.1) is 0 Å². The standard InChI is InChI=1S/C15H19N/c1-3-4-9-15(16-2)14-10-12-7-5-6-8-13(12)11-14/h5-8,14-16H,9-11H2,1-2H3. The summed E-state index contributed by atoms with van der Waals surface area (Å²) in [6, 6.07) is 9.32. The third kappa shape index (κ3) is 2.28. The Kier molecular flexibility index (Phi) is 3.64. The molecule has 1 nitrogen and oxygen atoms in total. The van der Waals surface area contributed by atoms with Crippen LogP contribution in [-0.2, 0) is 12.8 Å². The maximum absolute atomic E-state index is 3.41. The van der Waals surface area contributed by atoms with Crippen molar-refractivity contribution in [2.75, 3.05) is 7.05 Å². The predicted molar refractivity (Wildman–Crippen MR) is 68.3 cm³/mol. The van der Waals surface area contributed by atoms with Gasteiger partial charge in [-0.15, -0.1) is 11.8 Å². The minimum Gasteiger partial charge on any atom is -0.316 e. The molecule has 2 rings (SSSR count). The molecule has 0 saturated carbocycles. The fraction of sp³-hybridized carbons (Fsp3) is 0.467. The number of hydrogen-bond acceptors (Lipinski definition) is 1. The van der Waals surface area contributed by atoms with E-state index in [1.807, 2.05) is 14.0 Å². The molecule has 1 aromatic rings. The Bertz CT molecular complexity index is 386. The molecule has 0 heterocycles. The Morgan fingerprint density at radius 2 is 1.94 bits per heavy atom. The van der Waals surface area contributed by atoms with Crippen molar-refractivity contribution < 1.29 is 0 Å². The minimum absolute atomic E-state index is 0.528. The fourth-order valence-corrected chi connectivity index (χ4v) is 2.59. The normalized spacial score (nSPS) is 16.4. The lowest BCUT2D eigenvalue weighted by atomic mass is 9.94. The number of hydrogen-bond donors (Lipinski definition) is 1. The molecule has 0 amide bonds. The molecule has 1 N–H and O–H groups in total. The summed E-state index contributed by atoms with van der Waals surface area (Å²) in [5, 5.41) is 3.41. The second kappa shape index (κ2) is 5.18. The molecule has 16 heavy (non-hydrogen) atoms. The maximum Gasteiger partial charge on any atom is 0.0246 e. The van der Waals surface area contributed by atoms with Crippen molar-refractivity contribution in [2.24, 2.45) is 5.92 Å². The SMILES string of the molecule is CC#CCC(NC)C1Cc2ccccc2C1. The van der Waals surface area contributed by atoms with Gasteiger partial charge in [0.15, 0.2) is 0 Å². The summed E-state index contributed by atoms with van der Waals surface area (Å²) in [5.74, 6) is 6.89. The summed E-state index contributed by atoms with van der Waals surface area (Å²) >= 11 is 0. The van der Waals surface area contributed by atoms with Crippen LogP contribution in [-0.4, -0.2) is 13.1 Å². The molecular formula is C15H19N. The van der Waals surface area contributed by atoms with E-state index in [0.717, 1.165) is 6.42 Å². The highest BCUT2D eigenvalue weighted by molar-refractivity contribution is 5.32. The zero-order chi connectivity index (χ0) is 11.4. The van der Waals surface area contributed by atoms with Gasteiger partial charge >= 0.3 is 0 Å². The average molecular weight is 213 g/mol. The molecule has 0 aliphatic heterocycles. The number of benzene rings is 1. The zero-order valence-corrected chi connectivity index (χ0v) is 10.1. The molecule has 1 atom stereocenters. The van der Waals surface area contributed by atoms with Gasteiger partial charge in [-0.1, -0.05) is 24.3 Å². The van der Waals surface area contributed by atoms with Crippen LogP contribution in [0.1, 0.15) is 24.5 Å². The molecule has 0 fully saturated rings. The second-order valence-corrected chi connectivity index (χ2v) is 4.46. The number of nitrogens with one attached hydrogen (secondary N) is 1. The molecular weight excluding hydrogens is 194 g/mol. The highest BCUT2D eigenvalue weighted by Crippen LogP contribution is 2.29. The van der Waals surface area contributed by atoms with Crippen LogP contribution in [0.5, 0.6) is 0 Å². The van der Waals surface area contributed by atoms with Crippen molar-refractivity contribution in [2.45, 2.75) is 32.2 Å². The highest BCUT2D eigenvalue weighted by Gasteiger charge is 2.26. The van der Waals surface area contributed by atoms with Gasteiger partial charge < -0.3 is 5.32 Å². The Balaban J connectivity index is 2.05. The lowest BCUT2D eigenvalue weighted by Crippen LogP contribution is -2.33. The second-order valence-electron chi connectivity index (χ2n) is 4.46. The van der Waals surface area contributed by atoms with Crippen LogP contribution in [0, 0.1) is 17.8 Å². The van der Waals surface area contributed by atoms with E-state index < -0.39 is 0 Å². The smallest absolute Gasteiger partial charge is 0.0246 e. The third-order valence-electron chi connectivity index (χ3n) is 3.52. The first-order valence-corrected chi connectivity index (χ1v) is 5.98. The van der Waals surface area contributed by atoms with Crippen molar-refractivity contribution >= 4 is 0 Å². The van der Waals surface area contributed by atoms with Gasteiger partial charge in [-0.25, -0.2) is 0 Å². The zero-order valence-electron chi connectivity index (χ0n) is 10.1. The molecule has 0 bridgehead atoms. The van der Waals surface area contributed by atoms with Crippen LogP contribution in [0.15, 0.2) is 24.3 Å². The summed E-state index contributed by atoms with van der Waals surface area (Å²) < 4.78 is 0. The third-order valence-corrected chi connectivity index (χ3v) is 3.52. The molecule has 1 unspecified atom stereocenters. The Morgan fingerprint density at radius 1 is 1.31 bits per heavy atom. The van der Waals surface area contributed by atoms with E-state index >= 15 is 0 Å². The molecule has 1 heteroatoms. The molecule has 0 radical (unpaired) electrons. The first-order chi connectivity index (χ1) is 7.85. The Morgan fingerprint density at radius 3 is 2.44 bits per heavy atom. The summed E-state index contributed by atoms with van der Waals surface area (Å²) in [6.07, 6.45) is 3.37. The van der Waals surface area contributed by atoms with Crippen molar-refractivity contribution in [3.8, 4) is 11.8 Å². The van der Waals surface area contributed by atoms with E-state index in [1.54, 1.807) is 0 Å². The molecule has 1 aliphatic carbocycles.